The number of hydrogen-bond acceptors (Lipinski definition) is 2. The Bertz CT molecular complexity index is 290. The molecule has 0 bridgehead atoms. The van der Waals surface area contributed by atoms with Gasteiger partial charge in [-0.15, -0.1) is 0 Å². The third-order valence-electron chi connectivity index (χ3n) is 2.02. The van der Waals surface area contributed by atoms with Gasteiger partial charge in [-0.1, -0.05) is 6.58 Å². The summed E-state index contributed by atoms with van der Waals surface area (Å²) < 4.78 is 0. The minimum atomic E-state index is -0.175. The summed E-state index contributed by atoms with van der Waals surface area (Å²) in [5.74, 6) is -0.0622. The first-order valence-corrected chi connectivity index (χ1v) is 5.97. The number of carbonyl (C=O) groups excluding carboxylic acids is 2. The number of unbranched alkanes of at least 4 members (excludes halogenated alkanes) is 1. The zero-order chi connectivity index (χ0) is 13.5. The highest BCUT2D eigenvalue weighted by atomic mass is 16.2. The summed E-state index contributed by atoms with van der Waals surface area (Å²) in [6.45, 7) is 11.7. The topological polar surface area (TPSA) is 58.2 Å². The van der Waals surface area contributed by atoms with Crippen LogP contribution in [0.5, 0.6) is 0 Å². The van der Waals surface area contributed by atoms with Crippen molar-refractivity contribution >= 4 is 11.8 Å². The van der Waals surface area contributed by atoms with Crippen molar-refractivity contribution in [1.82, 2.24) is 10.6 Å². The van der Waals surface area contributed by atoms with Crippen LogP contribution < -0.4 is 10.6 Å². The van der Waals surface area contributed by atoms with Crippen LogP contribution in [0, 0.1) is 0 Å². The fourth-order valence-corrected chi connectivity index (χ4v) is 1.24. The van der Waals surface area contributed by atoms with Gasteiger partial charge < -0.3 is 10.6 Å². The van der Waals surface area contributed by atoms with Crippen LogP contribution in [0.15, 0.2) is 12.2 Å². The first kappa shape index (κ1) is 15.7. The molecule has 0 saturated heterocycles. The van der Waals surface area contributed by atoms with Crippen molar-refractivity contribution in [3.63, 3.8) is 0 Å². The largest absolute Gasteiger partial charge is 0.352 e. The Morgan fingerprint density at radius 2 is 1.76 bits per heavy atom. The summed E-state index contributed by atoms with van der Waals surface area (Å²) in [7, 11) is 0. The van der Waals surface area contributed by atoms with Crippen molar-refractivity contribution in [2.75, 3.05) is 6.54 Å². The molecule has 0 heterocycles. The van der Waals surface area contributed by atoms with Gasteiger partial charge in [-0.05, 0) is 40.5 Å². The van der Waals surface area contributed by atoms with Gasteiger partial charge in [0, 0.05) is 24.1 Å². The van der Waals surface area contributed by atoms with E-state index in [1.54, 1.807) is 6.92 Å². The molecule has 0 aliphatic carbocycles. The van der Waals surface area contributed by atoms with Crippen molar-refractivity contribution in [3.05, 3.63) is 12.2 Å². The third-order valence-corrected chi connectivity index (χ3v) is 2.02. The molecule has 4 heteroatoms. The Morgan fingerprint density at radius 1 is 1.18 bits per heavy atom. The van der Waals surface area contributed by atoms with Crippen molar-refractivity contribution in [1.29, 1.82) is 0 Å². The predicted molar refractivity (Wildman–Crippen MR) is 69.6 cm³/mol. The molecular weight excluding hydrogens is 216 g/mol. The summed E-state index contributed by atoms with van der Waals surface area (Å²) in [6, 6.07) is 0. The van der Waals surface area contributed by atoms with E-state index in [1.165, 1.54) is 0 Å². The maximum Gasteiger partial charge on any atom is 0.246 e. The lowest BCUT2D eigenvalue weighted by molar-refractivity contribution is -0.122. The first-order valence-electron chi connectivity index (χ1n) is 5.97. The van der Waals surface area contributed by atoms with Gasteiger partial charge in [-0.3, -0.25) is 9.59 Å². The highest BCUT2D eigenvalue weighted by Crippen LogP contribution is 2.01. The quantitative estimate of drug-likeness (QED) is 0.549. The van der Waals surface area contributed by atoms with Gasteiger partial charge in [0.1, 0.15) is 0 Å². The monoisotopic (exact) mass is 240 g/mol. The predicted octanol–water partition coefficient (Wildman–Crippen LogP) is 1.76. The standard InChI is InChI=1S/C13H24N2O2/c1-10(2)12(17)14-9-7-6-8-11(16)15-13(3,4)5/h1,6-9H2,2-5H3,(H,14,17)(H,15,16). The summed E-state index contributed by atoms with van der Waals surface area (Å²) in [4.78, 5) is 22.6. The van der Waals surface area contributed by atoms with Crippen LogP contribution in [0.3, 0.4) is 0 Å². The molecule has 0 aromatic rings. The van der Waals surface area contributed by atoms with Crippen molar-refractivity contribution in [3.8, 4) is 0 Å². The highest BCUT2D eigenvalue weighted by molar-refractivity contribution is 5.92. The molecule has 0 aliphatic rings. The molecule has 0 fully saturated rings. The molecule has 2 N–H and O–H groups in total. The average Bonchev–Trinajstić information content (AvgIpc) is 2.13. The summed E-state index contributed by atoms with van der Waals surface area (Å²) in [6.07, 6.45) is 2.08. The average molecular weight is 240 g/mol. The number of carbonyl (C=O) groups is 2. The summed E-state index contributed by atoms with van der Waals surface area (Å²) in [5, 5.41) is 5.63. The van der Waals surface area contributed by atoms with Crippen LogP contribution >= 0.6 is 0 Å². The van der Waals surface area contributed by atoms with Gasteiger partial charge in [-0.2, -0.15) is 0 Å². The Hall–Kier alpha value is -1.32. The SMILES string of the molecule is C=C(C)C(=O)NCCCCC(=O)NC(C)(C)C. The van der Waals surface area contributed by atoms with Crippen molar-refractivity contribution in [2.45, 2.75) is 52.5 Å². The fraction of sp³-hybridized carbons (Fsp3) is 0.692. The van der Waals surface area contributed by atoms with Crippen LogP contribution in [0.2, 0.25) is 0 Å². The van der Waals surface area contributed by atoms with Crippen molar-refractivity contribution < 1.29 is 9.59 Å². The van der Waals surface area contributed by atoms with E-state index >= 15 is 0 Å². The lowest BCUT2D eigenvalue weighted by Crippen LogP contribution is -2.40. The van der Waals surface area contributed by atoms with E-state index in [2.05, 4.69) is 17.2 Å². The van der Waals surface area contributed by atoms with E-state index in [4.69, 9.17) is 0 Å². The molecule has 0 unspecified atom stereocenters. The lowest BCUT2D eigenvalue weighted by atomic mass is 10.1. The van der Waals surface area contributed by atoms with Gasteiger partial charge in [0.2, 0.25) is 11.8 Å². The smallest absolute Gasteiger partial charge is 0.246 e. The maximum absolute atomic E-state index is 11.5. The molecule has 0 rings (SSSR count). The summed E-state index contributed by atoms with van der Waals surface area (Å²) >= 11 is 0. The molecule has 4 nitrogen and oxygen atoms in total. The van der Waals surface area contributed by atoms with E-state index in [1.807, 2.05) is 20.8 Å². The van der Waals surface area contributed by atoms with E-state index in [0.717, 1.165) is 12.8 Å². The lowest BCUT2D eigenvalue weighted by Gasteiger charge is -2.20. The molecular formula is C13H24N2O2. The Kier molecular flexibility index (Phi) is 6.54. The molecule has 0 aromatic heterocycles. The molecule has 0 spiro atoms. The van der Waals surface area contributed by atoms with Crippen LogP contribution in [0.1, 0.15) is 47.0 Å². The fourth-order valence-electron chi connectivity index (χ4n) is 1.24. The molecule has 0 aromatic carbocycles. The minimum absolute atomic E-state index is 0.0590. The van der Waals surface area contributed by atoms with E-state index in [9.17, 15) is 9.59 Å². The molecule has 17 heavy (non-hydrogen) atoms. The van der Waals surface area contributed by atoms with Gasteiger partial charge in [0.25, 0.3) is 0 Å². The Morgan fingerprint density at radius 3 is 2.24 bits per heavy atom. The zero-order valence-electron chi connectivity index (χ0n) is 11.4. The normalized spacial score (nSPS) is 10.8. The second kappa shape index (κ2) is 7.09. The Balaban J connectivity index is 3.56. The Labute approximate surface area is 104 Å². The van der Waals surface area contributed by atoms with Crippen molar-refractivity contribution in [2.24, 2.45) is 0 Å². The zero-order valence-corrected chi connectivity index (χ0v) is 11.4. The number of hydrogen-bond donors (Lipinski definition) is 2. The molecule has 98 valence electrons. The molecule has 2 amide bonds. The second-order valence-electron chi connectivity index (χ2n) is 5.29. The maximum atomic E-state index is 11.5. The van der Waals surface area contributed by atoms with Gasteiger partial charge in [0.15, 0.2) is 0 Å². The van der Waals surface area contributed by atoms with Gasteiger partial charge >= 0.3 is 0 Å². The molecule has 0 atom stereocenters. The third kappa shape index (κ3) is 9.60. The second-order valence-corrected chi connectivity index (χ2v) is 5.29. The molecule has 0 radical (unpaired) electrons. The van der Waals surface area contributed by atoms with Gasteiger partial charge in [-0.25, -0.2) is 0 Å². The highest BCUT2D eigenvalue weighted by Gasteiger charge is 2.12. The van der Waals surface area contributed by atoms with Crippen LogP contribution in [-0.2, 0) is 9.59 Å². The van der Waals surface area contributed by atoms with Gasteiger partial charge in [0.05, 0.1) is 0 Å². The van der Waals surface area contributed by atoms with Crippen LogP contribution in [0.4, 0.5) is 0 Å². The molecule has 0 saturated carbocycles. The van der Waals surface area contributed by atoms with E-state index < -0.39 is 0 Å². The number of amides is 2. The molecule has 0 aliphatic heterocycles. The minimum Gasteiger partial charge on any atom is -0.352 e. The van der Waals surface area contributed by atoms with Crippen LogP contribution in [0.25, 0.3) is 0 Å². The van der Waals surface area contributed by atoms with E-state index in [-0.39, 0.29) is 17.4 Å². The van der Waals surface area contributed by atoms with Crippen LogP contribution in [-0.4, -0.2) is 23.9 Å². The summed E-state index contributed by atoms with van der Waals surface area (Å²) in [5.41, 5.74) is 0.334. The number of rotatable bonds is 6. The number of nitrogens with one attached hydrogen (secondary N) is 2. The van der Waals surface area contributed by atoms with E-state index in [0.29, 0.717) is 18.5 Å². The first-order chi connectivity index (χ1) is 7.72.